The maximum Gasteiger partial charge on any atom is 0.354 e. The molecule has 0 bridgehead atoms. The van der Waals surface area contributed by atoms with E-state index < -0.39 is 5.97 Å². The van der Waals surface area contributed by atoms with Gasteiger partial charge in [0.05, 0.1) is 18.1 Å². The first kappa shape index (κ1) is 14.1. The van der Waals surface area contributed by atoms with Gasteiger partial charge in [0, 0.05) is 10.6 Å². The molecule has 110 valence electrons. The summed E-state index contributed by atoms with van der Waals surface area (Å²) in [6.45, 7) is 0. The maximum atomic E-state index is 10.7. The summed E-state index contributed by atoms with van der Waals surface area (Å²) in [4.78, 5) is 18.6. The molecule has 0 saturated carbocycles. The largest absolute Gasteiger partial charge is 0.477 e. The van der Waals surface area contributed by atoms with Crippen molar-refractivity contribution in [2.45, 2.75) is 0 Å². The summed E-state index contributed by atoms with van der Waals surface area (Å²) in [5, 5.41) is 12.3. The van der Waals surface area contributed by atoms with Crippen LogP contribution in [0.15, 0.2) is 53.2 Å². The van der Waals surface area contributed by atoms with Gasteiger partial charge in [-0.25, -0.2) is 14.8 Å². The normalized spacial score (nSPS) is 10.4. The van der Waals surface area contributed by atoms with Gasteiger partial charge in [0.2, 0.25) is 0 Å². The second kappa shape index (κ2) is 5.87. The number of carboxylic acid groups (broad SMARTS) is 1. The molecular formula is C15H10ClN3O3. The molecule has 0 amide bonds. The van der Waals surface area contributed by atoms with Crippen LogP contribution in [-0.4, -0.2) is 21.0 Å². The molecule has 6 nitrogen and oxygen atoms in total. The predicted octanol–water partition coefficient (Wildman–Crippen LogP) is 3.83. The molecule has 0 unspecified atom stereocenters. The molecule has 0 aliphatic heterocycles. The third-order valence-electron chi connectivity index (χ3n) is 2.87. The summed E-state index contributed by atoms with van der Waals surface area (Å²) in [6, 6.07) is 10.5. The van der Waals surface area contributed by atoms with E-state index in [1.54, 1.807) is 24.4 Å². The van der Waals surface area contributed by atoms with Crippen LogP contribution in [0.4, 0.5) is 11.7 Å². The van der Waals surface area contributed by atoms with Gasteiger partial charge >= 0.3 is 5.97 Å². The average molecular weight is 316 g/mol. The van der Waals surface area contributed by atoms with Crippen molar-refractivity contribution in [3.63, 3.8) is 0 Å². The van der Waals surface area contributed by atoms with E-state index in [-0.39, 0.29) is 11.7 Å². The molecular weight excluding hydrogens is 306 g/mol. The van der Waals surface area contributed by atoms with Gasteiger partial charge in [-0.1, -0.05) is 11.6 Å². The molecule has 0 atom stereocenters. The number of hydrogen-bond donors (Lipinski definition) is 2. The Morgan fingerprint density at radius 3 is 2.50 bits per heavy atom. The Bertz CT molecular complexity index is 798. The number of nitrogens with zero attached hydrogens (tertiary/aromatic N) is 2. The maximum absolute atomic E-state index is 10.7. The fourth-order valence-corrected chi connectivity index (χ4v) is 1.92. The minimum atomic E-state index is -1.08. The zero-order valence-electron chi connectivity index (χ0n) is 11.2. The van der Waals surface area contributed by atoms with Crippen LogP contribution in [0.1, 0.15) is 10.5 Å². The first-order chi connectivity index (χ1) is 10.6. The lowest BCUT2D eigenvalue weighted by molar-refractivity contribution is 0.0690. The number of pyridine rings is 1. The Morgan fingerprint density at radius 2 is 1.86 bits per heavy atom. The fourth-order valence-electron chi connectivity index (χ4n) is 1.80. The molecule has 3 rings (SSSR count). The van der Waals surface area contributed by atoms with Crippen LogP contribution in [0.25, 0.3) is 11.3 Å². The quantitative estimate of drug-likeness (QED) is 0.760. The molecule has 0 aliphatic rings. The average Bonchev–Trinajstić information content (AvgIpc) is 2.97. The number of halogens is 1. The Kier molecular flexibility index (Phi) is 3.76. The molecule has 2 heterocycles. The van der Waals surface area contributed by atoms with E-state index in [0.29, 0.717) is 16.5 Å². The molecule has 2 aromatic heterocycles. The number of carbonyl (C=O) groups is 1. The Labute approximate surface area is 130 Å². The molecule has 0 saturated heterocycles. The first-order valence-corrected chi connectivity index (χ1v) is 6.68. The second-order valence-corrected chi connectivity index (χ2v) is 4.84. The van der Waals surface area contributed by atoms with E-state index in [1.807, 2.05) is 12.1 Å². The second-order valence-electron chi connectivity index (χ2n) is 4.40. The number of hydrogen-bond acceptors (Lipinski definition) is 5. The highest BCUT2D eigenvalue weighted by atomic mass is 35.5. The van der Waals surface area contributed by atoms with E-state index in [4.69, 9.17) is 21.1 Å². The molecule has 0 radical (unpaired) electrons. The van der Waals surface area contributed by atoms with Gasteiger partial charge in [-0.3, -0.25) is 0 Å². The Balaban J connectivity index is 1.76. The lowest BCUT2D eigenvalue weighted by Crippen LogP contribution is -2.00. The first-order valence-electron chi connectivity index (χ1n) is 6.30. The fraction of sp³-hybridized carbons (Fsp3) is 0. The van der Waals surface area contributed by atoms with Crippen molar-refractivity contribution in [3.8, 4) is 11.3 Å². The molecule has 22 heavy (non-hydrogen) atoms. The predicted molar refractivity (Wildman–Crippen MR) is 81.4 cm³/mol. The summed E-state index contributed by atoms with van der Waals surface area (Å²) in [6.07, 6.45) is 2.99. The van der Waals surface area contributed by atoms with Gasteiger partial charge < -0.3 is 14.8 Å². The number of oxazole rings is 1. The van der Waals surface area contributed by atoms with Gasteiger partial charge in [0.15, 0.2) is 5.76 Å². The third-order valence-corrected chi connectivity index (χ3v) is 3.12. The van der Waals surface area contributed by atoms with Gasteiger partial charge in [-0.2, -0.15) is 0 Å². The molecule has 0 aliphatic carbocycles. The minimum absolute atomic E-state index is 0.0280. The van der Waals surface area contributed by atoms with E-state index >= 15 is 0 Å². The zero-order chi connectivity index (χ0) is 15.5. The Hall–Kier alpha value is -2.86. The lowest BCUT2D eigenvalue weighted by Gasteiger charge is -2.01. The van der Waals surface area contributed by atoms with Crippen molar-refractivity contribution in [1.29, 1.82) is 0 Å². The number of benzene rings is 1. The van der Waals surface area contributed by atoms with Crippen molar-refractivity contribution < 1.29 is 14.3 Å². The zero-order valence-corrected chi connectivity index (χ0v) is 11.9. The smallest absolute Gasteiger partial charge is 0.354 e. The number of carboxylic acids is 1. The van der Waals surface area contributed by atoms with Crippen LogP contribution >= 0.6 is 11.6 Å². The van der Waals surface area contributed by atoms with E-state index in [1.165, 1.54) is 12.3 Å². The topological polar surface area (TPSA) is 88.2 Å². The third kappa shape index (κ3) is 3.07. The standard InChI is InChI=1S/C15H10ClN3O3/c16-10-3-1-9(2-4-10)13-8-18-15(22-13)19-11-5-6-12(14(20)21)17-7-11/h1-8H,(H,18,19)(H,20,21). The summed E-state index contributed by atoms with van der Waals surface area (Å²) >= 11 is 5.84. The number of nitrogens with one attached hydrogen (secondary N) is 1. The number of aromatic carboxylic acids is 1. The molecule has 7 heteroatoms. The summed E-state index contributed by atoms with van der Waals surface area (Å²) < 4.78 is 5.58. The molecule has 3 aromatic rings. The lowest BCUT2D eigenvalue weighted by atomic mass is 10.2. The highest BCUT2D eigenvalue weighted by Crippen LogP contribution is 2.25. The van der Waals surface area contributed by atoms with Gasteiger partial charge in [-0.05, 0) is 36.4 Å². The summed E-state index contributed by atoms with van der Waals surface area (Å²) in [5.41, 5.74) is 1.40. The molecule has 1 aromatic carbocycles. The van der Waals surface area contributed by atoms with Gasteiger partial charge in [0.1, 0.15) is 5.69 Å². The number of anilines is 2. The Morgan fingerprint density at radius 1 is 1.09 bits per heavy atom. The van der Waals surface area contributed by atoms with Crippen LogP contribution in [0.2, 0.25) is 5.02 Å². The highest BCUT2D eigenvalue weighted by molar-refractivity contribution is 6.30. The summed E-state index contributed by atoms with van der Waals surface area (Å²) in [5.74, 6) is -0.484. The van der Waals surface area contributed by atoms with Crippen LogP contribution < -0.4 is 5.32 Å². The molecule has 2 N–H and O–H groups in total. The molecule has 0 fully saturated rings. The van der Waals surface area contributed by atoms with Crippen LogP contribution in [0.5, 0.6) is 0 Å². The van der Waals surface area contributed by atoms with Crippen molar-refractivity contribution >= 4 is 29.3 Å². The van der Waals surface area contributed by atoms with Crippen LogP contribution in [0, 0.1) is 0 Å². The van der Waals surface area contributed by atoms with E-state index in [0.717, 1.165) is 5.56 Å². The van der Waals surface area contributed by atoms with Crippen molar-refractivity contribution in [3.05, 3.63) is 59.5 Å². The summed E-state index contributed by atoms with van der Waals surface area (Å²) in [7, 11) is 0. The number of aromatic nitrogens is 2. The number of rotatable bonds is 4. The van der Waals surface area contributed by atoms with Gasteiger partial charge in [0.25, 0.3) is 6.01 Å². The minimum Gasteiger partial charge on any atom is -0.477 e. The highest BCUT2D eigenvalue weighted by Gasteiger charge is 2.08. The van der Waals surface area contributed by atoms with Crippen molar-refractivity contribution in [2.24, 2.45) is 0 Å². The van der Waals surface area contributed by atoms with E-state index in [2.05, 4.69) is 15.3 Å². The van der Waals surface area contributed by atoms with Crippen LogP contribution in [-0.2, 0) is 0 Å². The van der Waals surface area contributed by atoms with Gasteiger partial charge in [-0.15, -0.1) is 0 Å². The van der Waals surface area contributed by atoms with Crippen molar-refractivity contribution in [1.82, 2.24) is 9.97 Å². The van der Waals surface area contributed by atoms with Crippen molar-refractivity contribution in [2.75, 3.05) is 5.32 Å². The van der Waals surface area contributed by atoms with Crippen LogP contribution in [0.3, 0.4) is 0 Å². The monoisotopic (exact) mass is 315 g/mol. The molecule has 0 spiro atoms. The SMILES string of the molecule is O=C(O)c1ccc(Nc2ncc(-c3ccc(Cl)cc3)o2)cn1. The van der Waals surface area contributed by atoms with E-state index in [9.17, 15) is 4.79 Å².